The van der Waals surface area contributed by atoms with Crippen LogP contribution < -0.4 is 5.32 Å². The van der Waals surface area contributed by atoms with Gasteiger partial charge >= 0.3 is 0 Å². The number of halogens is 1. The van der Waals surface area contributed by atoms with Gasteiger partial charge in [-0.25, -0.2) is 4.68 Å². The van der Waals surface area contributed by atoms with E-state index in [2.05, 4.69) is 10.4 Å². The molecule has 0 saturated heterocycles. The fourth-order valence-corrected chi connectivity index (χ4v) is 4.46. The summed E-state index contributed by atoms with van der Waals surface area (Å²) in [6.07, 6.45) is 0.263. The topological polar surface area (TPSA) is 64.0 Å². The number of nitrogens with one attached hydrogen (secondary N) is 1. The van der Waals surface area contributed by atoms with Crippen LogP contribution in [0.25, 0.3) is 5.69 Å². The maximum absolute atomic E-state index is 12.6. The van der Waals surface area contributed by atoms with Crippen molar-refractivity contribution in [3.63, 3.8) is 0 Å². The van der Waals surface area contributed by atoms with Gasteiger partial charge in [-0.3, -0.25) is 9.00 Å². The zero-order valence-corrected chi connectivity index (χ0v) is 15.4. The van der Waals surface area contributed by atoms with E-state index in [1.165, 1.54) is 0 Å². The number of rotatable bonds is 4. The average molecular weight is 386 g/mol. The Kier molecular flexibility index (Phi) is 4.61. The van der Waals surface area contributed by atoms with E-state index in [9.17, 15) is 9.00 Å². The average Bonchev–Trinajstić information content (AvgIpc) is 3.13. The van der Waals surface area contributed by atoms with Crippen LogP contribution in [0.4, 0.5) is 5.82 Å². The fourth-order valence-electron chi connectivity index (χ4n) is 3.01. The molecule has 1 aromatic heterocycles. The number of carbonyl (C=O) groups is 1. The molecule has 0 fully saturated rings. The van der Waals surface area contributed by atoms with Crippen molar-refractivity contribution in [2.75, 3.05) is 5.32 Å². The Morgan fingerprint density at radius 2 is 1.96 bits per heavy atom. The molecule has 1 N–H and O–H groups in total. The van der Waals surface area contributed by atoms with Crippen molar-refractivity contribution in [2.24, 2.45) is 0 Å². The zero-order valence-electron chi connectivity index (χ0n) is 13.8. The van der Waals surface area contributed by atoms with Gasteiger partial charge in [-0.15, -0.1) is 0 Å². The monoisotopic (exact) mass is 385 g/mol. The highest BCUT2D eigenvalue weighted by molar-refractivity contribution is 7.83. The van der Waals surface area contributed by atoms with E-state index in [0.717, 1.165) is 22.5 Å². The highest BCUT2D eigenvalue weighted by Crippen LogP contribution is 2.31. The van der Waals surface area contributed by atoms with Crippen LogP contribution in [0.15, 0.2) is 54.6 Å². The summed E-state index contributed by atoms with van der Waals surface area (Å²) in [6.45, 7) is 0. The number of fused-ring (bicyclic) bond motifs is 1. The molecule has 0 aliphatic carbocycles. The van der Waals surface area contributed by atoms with E-state index < -0.39 is 10.8 Å². The minimum Gasteiger partial charge on any atom is -0.310 e. The second-order valence-corrected chi connectivity index (χ2v) is 8.00. The third-order valence-corrected chi connectivity index (χ3v) is 5.63. The third-order valence-electron chi connectivity index (χ3n) is 4.19. The highest BCUT2D eigenvalue weighted by Gasteiger charge is 2.28. The van der Waals surface area contributed by atoms with Gasteiger partial charge in [0.05, 0.1) is 29.3 Å². The number of anilines is 1. The molecule has 0 radical (unpaired) electrons. The minimum atomic E-state index is -0.974. The number of benzene rings is 2. The minimum absolute atomic E-state index is 0.139. The SMILES string of the molecule is O=C(Cc1ccccc1)Nc1c2c(nn1-c1cccc(Cl)c1)C[S@@](=O)C2. The summed E-state index contributed by atoms with van der Waals surface area (Å²) in [5.74, 6) is 1.25. The second kappa shape index (κ2) is 7.05. The number of nitrogens with zero attached hydrogens (tertiary/aromatic N) is 2. The lowest BCUT2D eigenvalue weighted by molar-refractivity contribution is -0.115. The molecule has 132 valence electrons. The summed E-state index contributed by atoms with van der Waals surface area (Å²) in [5.41, 5.74) is 3.29. The van der Waals surface area contributed by atoms with Gasteiger partial charge in [-0.2, -0.15) is 5.10 Å². The van der Waals surface area contributed by atoms with Gasteiger partial charge in [0.25, 0.3) is 0 Å². The highest BCUT2D eigenvalue weighted by atomic mass is 35.5. The van der Waals surface area contributed by atoms with E-state index in [1.807, 2.05) is 42.5 Å². The summed E-state index contributed by atoms with van der Waals surface area (Å²) in [4.78, 5) is 12.6. The van der Waals surface area contributed by atoms with E-state index in [0.29, 0.717) is 22.3 Å². The first-order valence-electron chi connectivity index (χ1n) is 8.15. The molecule has 1 amide bonds. The van der Waals surface area contributed by atoms with Crippen LogP contribution in [0.5, 0.6) is 0 Å². The van der Waals surface area contributed by atoms with Gasteiger partial charge in [0.15, 0.2) is 0 Å². The Morgan fingerprint density at radius 1 is 1.15 bits per heavy atom. The summed E-state index contributed by atoms with van der Waals surface area (Å²) < 4.78 is 13.6. The molecule has 2 aromatic carbocycles. The number of aromatic nitrogens is 2. The Labute approximate surface area is 158 Å². The van der Waals surface area contributed by atoms with Crippen molar-refractivity contribution < 1.29 is 9.00 Å². The van der Waals surface area contributed by atoms with Crippen LogP contribution in [0.2, 0.25) is 5.02 Å². The summed E-state index contributed by atoms with van der Waals surface area (Å²) in [7, 11) is -0.974. The van der Waals surface area contributed by atoms with Gasteiger partial charge in [0.1, 0.15) is 5.82 Å². The molecule has 3 aromatic rings. The van der Waals surface area contributed by atoms with Crippen molar-refractivity contribution in [2.45, 2.75) is 17.9 Å². The molecular weight excluding hydrogens is 370 g/mol. The molecule has 0 bridgehead atoms. The first-order chi connectivity index (χ1) is 12.6. The summed E-state index contributed by atoms with van der Waals surface area (Å²) in [5, 5.41) is 8.11. The molecule has 0 saturated carbocycles. The lowest BCUT2D eigenvalue weighted by Gasteiger charge is -2.11. The first-order valence-corrected chi connectivity index (χ1v) is 10.0. The molecule has 0 unspecified atom stereocenters. The largest absolute Gasteiger partial charge is 0.310 e. The third kappa shape index (κ3) is 3.43. The van der Waals surface area contributed by atoms with E-state index in [-0.39, 0.29) is 12.3 Å². The molecular formula is C19H16ClN3O2S. The quantitative estimate of drug-likeness (QED) is 0.747. The second-order valence-electron chi connectivity index (χ2n) is 6.10. The number of carbonyl (C=O) groups excluding carboxylic acids is 1. The van der Waals surface area contributed by atoms with Gasteiger partial charge < -0.3 is 5.32 Å². The molecule has 4 rings (SSSR count). The number of hydrogen-bond donors (Lipinski definition) is 1. The van der Waals surface area contributed by atoms with Crippen molar-refractivity contribution in [3.8, 4) is 5.69 Å². The van der Waals surface area contributed by atoms with E-state index in [4.69, 9.17) is 11.6 Å². The molecule has 1 aliphatic heterocycles. The maximum Gasteiger partial charge on any atom is 0.229 e. The molecule has 1 aliphatic rings. The zero-order chi connectivity index (χ0) is 18.1. The fraction of sp³-hybridized carbons (Fsp3) is 0.158. The normalized spacial score (nSPS) is 15.7. The Bertz CT molecular complexity index is 1000. The van der Waals surface area contributed by atoms with E-state index >= 15 is 0 Å². The van der Waals surface area contributed by atoms with Crippen molar-refractivity contribution in [1.29, 1.82) is 0 Å². The van der Waals surface area contributed by atoms with Gasteiger partial charge in [0.2, 0.25) is 5.91 Å². The van der Waals surface area contributed by atoms with Gasteiger partial charge in [0, 0.05) is 21.4 Å². The maximum atomic E-state index is 12.6. The van der Waals surface area contributed by atoms with Crippen LogP contribution >= 0.6 is 11.6 Å². The lowest BCUT2D eigenvalue weighted by Crippen LogP contribution is -2.18. The smallest absolute Gasteiger partial charge is 0.229 e. The number of amides is 1. The van der Waals surface area contributed by atoms with Crippen LogP contribution in [0.1, 0.15) is 16.8 Å². The molecule has 7 heteroatoms. The number of hydrogen-bond acceptors (Lipinski definition) is 3. The standard InChI is InChI=1S/C19H16ClN3O2S/c20-14-7-4-8-15(10-14)23-19(16-11-26(25)12-17(16)22-23)21-18(24)9-13-5-2-1-3-6-13/h1-8,10H,9,11-12H2,(H,21,24)/t26-/m0/s1. The Hall–Kier alpha value is -2.44. The van der Waals surface area contributed by atoms with Crippen molar-refractivity contribution in [3.05, 3.63) is 76.4 Å². The van der Waals surface area contributed by atoms with Crippen LogP contribution in [-0.4, -0.2) is 19.9 Å². The van der Waals surface area contributed by atoms with Crippen LogP contribution in [0.3, 0.4) is 0 Å². The Balaban J connectivity index is 1.68. The molecule has 0 spiro atoms. The summed E-state index contributed by atoms with van der Waals surface area (Å²) in [6, 6.07) is 16.8. The Morgan fingerprint density at radius 3 is 2.73 bits per heavy atom. The summed E-state index contributed by atoms with van der Waals surface area (Å²) >= 11 is 6.10. The molecule has 5 nitrogen and oxygen atoms in total. The van der Waals surface area contributed by atoms with Crippen LogP contribution in [-0.2, 0) is 33.5 Å². The van der Waals surface area contributed by atoms with Crippen LogP contribution in [0, 0.1) is 0 Å². The first kappa shape index (κ1) is 17.0. The predicted molar refractivity (Wildman–Crippen MR) is 103 cm³/mol. The van der Waals surface area contributed by atoms with Crippen molar-refractivity contribution in [1.82, 2.24) is 9.78 Å². The predicted octanol–water partition coefficient (Wildman–Crippen LogP) is 3.47. The molecule has 2 heterocycles. The molecule has 1 atom stereocenters. The lowest BCUT2D eigenvalue weighted by atomic mass is 10.1. The molecule has 26 heavy (non-hydrogen) atoms. The van der Waals surface area contributed by atoms with Gasteiger partial charge in [-0.1, -0.05) is 48.0 Å². The van der Waals surface area contributed by atoms with Gasteiger partial charge in [-0.05, 0) is 23.8 Å². The van der Waals surface area contributed by atoms with Crippen molar-refractivity contribution >= 4 is 34.1 Å². The van der Waals surface area contributed by atoms with E-state index in [1.54, 1.807) is 16.8 Å².